The van der Waals surface area contributed by atoms with E-state index in [0.717, 1.165) is 70.3 Å². The van der Waals surface area contributed by atoms with E-state index < -0.39 is 21.3 Å². The molecule has 2 aliphatic carbocycles. The molecular formula is C21H28KN3O4S. The van der Waals surface area contributed by atoms with Crippen molar-refractivity contribution in [3.63, 3.8) is 0 Å². The Labute approximate surface area is 221 Å². The number of carbonyl (C=O) groups is 1. The molecule has 2 fully saturated rings. The van der Waals surface area contributed by atoms with Crippen LogP contribution < -0.4 is 56.7 Å². The molecule has 2 saturated heterocycles. The van der Waals surface area contributed by atoms with Crippen molar-refractivity contribution >= 4 is 21.7 Å². The van der Waals surface area contributed by atoms with Gasteiger partial charge >= 0.3 is 51.4 Å². The summed E-state index contributed by atoms with van der Waals surface area (Å²) in [6, 6.07) is 1.93. The van der Waals surface area contributed by atoms with Crippen molar-refractivity contribution in [2.24, 2.45) is 0 Å². The van der Waals surface area contributed by atoms with Gasteiger partial charge in [-0.15, -0.1) is 0 Å². The van der Waals surface area contributed by atoms with Crippen LogP contribution in [0.25, 0.3) is 4.72 Å². The second kappa shape index (κ2) is 9.47. The Balaban J connectivity index is 0.00000218. The normalized spacial score (nSPS) is 22.0. The number of aryl methyl sites for hydroxylation is 2. The Hall–Kier alpha value is -0.00364. The van der Waals surface area contributed by atoms with Crippen molar-refractivity contribution in [3.8, 4) is 0 Å². The number of fused-ring (bicyclic) bond motifs is 2. The predicted molar refractivity (Wildman–Crippen MR) is 111 cm³/mol. The van der Waals surface area contributed by atoms with Crippen molar-refractivity contribution < 1.29 is 69.3 Å². The fourth-order valence-corrected chi connectivity index (χ4v) is 6.48. The van der Waals surface area contributed by atoms with Crippen molar-refractivity contribution in [3.05, 3.63) is 33.0 Å². The maximum absolute atomic E-state index is 12.6. The number of nitrogens with zero attached hydrogens (tertiary/aromatic N) is 2. The summed E-state index contributed by atoms with van der Waals surface area (Å²) in [7, 11) is -3.80. The van der Waals surface area contributed by atoms with Gasteiger partial charge in [-0.2, -0.15) is 0 Å². The Kier molecular flexibility index (Phi) is 7.31. The fourth-order valence-electron chi connectivity index (χ4n) is 5.29. The van der Waals surface area contributed by atoms with Gasteiger partial charge in [0.25, 0.3) is 0 Å². The number of hydrogen-bond donors (Lipinski definition) is 1. The van der Waals surface area contributed by atoms with Crippen LogP contribution in [0.1, 0.15) is 47.9 Å². The second-order valence-electron chi connectivity index (χ2n) is 8.69. The number of hydrogen-bond acceptors (Lipinski definition) is 5. The van der Waals surface area contributed by atoms with Crippen LogP contribution >= 0.6 is 0 Å². The van der Waals surface area contributed by atoms with Gasteiger partial charge in [-0.3, -0.25) is 9.69 Å². The van der Waals surface area contributed by atoms with Gasteiger partial charge in [0.15, 0.2) is 16.1 Å². The zero-order chi connectivity index (χ0) is 20.0. The molecule has 2 amide bonds. The number of sulfonamides is 1. The minimum absolute atomic E-state index is 0. The minimum atomic E-state index is -3.80. The van der Waals surface area contributed by atoms with Crippen LogP contribution in [-0.2, 0) is 40.4 Å². The Morgan fingerprint density at radius 3 is 2.23 bits per heavy atom. The average molecular weight is 458 g/mol. The molecule has 9 heteroatoms. The monoisotopic (exact) mass is 457 g/mol. The molecule has 1 N–H and O–H groups in total. The van der Waals surface area contributed by atoms with Crippen molar-refractivity contribution in [1.29, 1.82) is 0 Å². The molecule has 1 aromatic rings. The largest absolute Gasteiger partial charge is 1.00 e. The van der Waals surface area contributed by atoms with Gasteiger partial charge in [-0.05, 0) is 79.3 Å². The summed E-state index contributed by atoms with van der Waals surface area (Å²) >= 11 is 0. The van der Waals surface area contributed by atoms with Crippen LogP contribution in [0.5, 0.6) is 0 Å². The minimum Gasteiger partial charge on any atom is -0.423 e. The molecule has 0 radical (unpaired) electrons. The van der Waals surface area contributed by atoms with Gasteiger partial charge in [0, 0.05) is 32.3 Å². The smallest absolute Gasteiger partial charge is 0.423 e. The van der Waals surface area contributed by atoms with Crippen LogP contribution in [0, 0.1) is 0 Å². The molecule has 0 bridgehead atoms. The van der Waals surface area contributed by atoms with Gasteiger partial charge in [0.2, 0.25) is 0 Å². The SMILES string of the molecule is O=C([N-]S(=O)(=O)C1CN(C2CCOCC2)C1)Nc1c2c(cc3c1CCC3)CCC2.[K+]. The molecule has 0 spiro atoms. The third-order valence-corrected chi connectivity index (χ3v) is 8.48. The summed E-state index contributed by atoms with van der Waals surface area (Å²) in [5.74, 6) is 0. The summed E-state index contributed by atoms with van der Waals surface area (Å²) in [6.45, 7) is 2.38. The van der Waals surface area contributed by atoms with Crippen LogP contribution in [0.2, 0.25) is 0 Å². The number of benzene rings is 1. The van der Waals surface area contributed by atoms with Gasteiger partial charge in [-0.1, -0.05) is 6.07 Å². The van der Waals surface area contributed by atoms with E-state index in [1.807, 2.05) is 0 Å². The molecule has 0 atom stereocenters. The van der Waals surface area contributed by atoms with Gasteiger partial charge in [0.05, 0.1) is 5.25 Å². The third kappa shape index (κ3) is 4.55. The molecule has 2 heterocycles. The molecule has 0 aromatic heterocycles. The number of likely N-dealkylation sites (tertiary alicyclic amines) is 1. The first kappa shape index (κ1) is 23.2. The van der Waals surface area contributed by atoms with Crippen molar-refractivity contribution in [1.82, 2.24) is 4.90 Å². The Bertz CT molecular complexity index is 892. The van der Waals surface area contributed by atoms with Crippen molar-refractivity contribution in [2.45, 2.75) is 62.7 Å². The summed E-state index contributed by atoms with van der Waals surface area (Å²) < 4.78 is 34.3. The van der Waals surface area contributed by atoms with E-state index in [1.165, 1.54) is 22.3 Å². The van der Waals surface area contributed by atoms with E-state index in [4.69, 9.17) is 4.74 Å². The summed E-state index contributed by atoms with van der Waals surface area (Å²) in [5, 5.41) is 2.28. The summed E-state index contributed by atoms with van der Waals surface area (Å²) in [4.78, 5) is 14.7. The molecule has 1 aromatic carbocycles. The Morgan fingerprint density at radius 2 is 1.63 bits per heavy atom. The fraction of sp³-hybridized carbons (Fsp3) is 0.667. The molecule has 2 aliphatic heterocycles. The van der Waals surface area contributed by atoms with E-state index in [9.17, 15) is 13.2 Å². The van der Waals surface area contributed by atoms with E-state index in [0.29, 0.717) is 19.1 Å². The average Bonchev–Trinajstić information content (AvgIpc) is 3.29. The zero-order valence-electron chi connectivity index (χ0n) is 17.7. The molecule has 7 nitrogen and oxygen atoms in total. The van der Waals surface area contributed by atoms with Crippen LogP contribution in [0.3, 0.4) is 0 Å². The summed E-state index contributed by atoms with van der Waals surface area (Å²) in [5.41, 5.74) is 5.81. The molecule has 0 unspecified atom stereocenters. The molecular weight excluding hydrogens is 429 g/mol. The van der Waals surface area contributed by atoms with Gasteiger partial charge in [-0.25, -0.2) is 8.42 Å². The number of urea groups is 1. The third-order valence-electron chi connectivity index (χ3n) is 6.92. The van der Waals surface area contributed by atoms with E-state index in [2.05, 4.69) is 21.0 Å². The topological polar surface area (TPSA) is 89.8 Å². The van der Waals surface area contributed by atoms with E-state index in [1.54, 1.807) is 0 Å². The predicted octanol–water partition coefficient (Wildman–Crippen LogP) is -0.233. The second-order valence-corrected chi connectivity index (χ2v) is 10.6. The first-order chi connectivity index (χ1) is 14.0. The van der Waals surface area contributed by atoms with Gasteiger partial charge in [0.1, 0.15) is 0 Å². The van der Waals surface area contributed by atoms with Gasteiger partial charge < -0.3 is 14.8 Å². The molecule has 4 aliphatic rings. The van der Waals surface area contributed by atoms with E-state index in [-0.39, 0.29) is 51.4 Å². The molecule has 158 valence electrons. The standard InChI is InChI=1S/C21H29N3O4S.K/c25-21(22-20-18-5-1-3-14(18)11-15-4-2-6-19(15)20)23-29(26,27)17-12-24(13-17)16-7-9-28-10-8-16;/h11,16-17H,1-10,12-13H2,(H2,22,23,25);/q;+1/p-1. The molecule has 30 heavy (non-hydrogen) atoms. The number of anilines is 1. The number of nitrogens with one attached hydrogen (secondary N) is 1. The number of ether oxygens (including phenoxy) is 1. The number of carbonyl (C=O) groups excluding carboxylic acids is 1. The van der Waals surface area contributed by atoms with Crippen LogP contribution in [-0.4, -0.2) is 56.9 Å². The van der Waals surface area contributed by atoms with Crippen LogP contribution in [0.4, 0.5) is 10.5 Å². The molecule has 0 saturated carbocycles. The van der Waals surface area contributed by atoms with E-state index >= 15 is 0 Å². The number of rotatable bonds is 4. The zero-order valence-corrected chi connectivity index (χ0v) is 21.6. The quantitative estimate of drug-likeness (QED) is 0.631. The van der Waals surface area contributed by atoms with Crippen molar-refractivity contribution in [2.75, 3.05) is 31.6 Å². The maximum atomic E-state index is 12.6. The first-order valence-corrected chi connectivity index (χ1v) is 12.3. The summed E-state index contributed by atoms with van der Waals surface area (Å²) in [6.07, 6.45) is 7.99. The Morgan fingerprint density at radius 1 is 1.03 bits per heavy atom. The number of amides is 2. The van der Waals surface area contributed by atoms with Crippen LogP contribution in [0.15, 0.2) is 6.07 Å². The molecule has 5 rings (SSSR count). The maximum Gasteiger partial charge on any atom is 1.00 e. The first-order valence-electron chi connectivity index (χ1n) is 10.8.